The van der Waals surface area contributed by atoms with Gasteiger partial charge in [0, 0.05) is 36.7 Å². The van der Waals surface area contributed by atoms with E-state index in [1.807, 2.05) is 38.1 Å². The van der Waals surface area contributed by atoms with Crippen molar-refractivity contribution in [2.45, 2.75) is 20.3 Å². The van der Waals surface area contributed by atoms with Crippen LogP contribution >= 0.6 is 0 Å². The summed E-state index contributed by atoms with van der Waals surface area (Å²) in [7, 11) is 0. The second kappa shape index (κ2) is 7.04. The first-order valence-electron chi connectivity index (χ1n) is 7.05. The van der Waals surface area contributed by atoms with Gasteiger partial charge < -0.3 is 15.4 Å². The number of carbonyl (C=O) groups excluding carboxylic acids is 1. The Bertz CT molecular complexity index is 593. The molecule has 1 amide bonds. The van der Waals surface area contributed by atoms with E-state index in [0.717, 1.165) is 17.0 Å². The Kier molecular flexibility index (Phi) is 5.11. The predicted octanol–water partition coefficient (Wildman–Crippen LogP) is 1.61. The number of hydrogen-bond donors (Lipinski definition) is 3. The third-order valence-corrected chi connectivity index (χ3v) is 3.41. The average Bonchev–Trinajstić information content (AvgIpc) is 2.83. The molecule has 0 aliphatic heterocycles. The van der Waals surface area contributed by atoms with E-state index < -0.39 is 0 Å². The molecule has 112 valence electrons. The number of aryl methyl sites for hydroxylation is 2. The van der Waals surface area contributed by atoms with Gasteiger partial charge in [-0.15, -0.1) is 0 Å². The summed E-state index contributed by atoms with van der Waals surface area (Å²) < 4.78 is 0. The van der Waals surface area contributed by atoms with Gasteiger partial charge in [0.1, 0.15) is 5.69 Å². The molecule has 1 atom stereocenters. The van der Waals surface area contributed by atoms with E-state index in [-0.39, 0.29) is 18.4 Å². The normalized spacial score (nSPS) is 12.1. The van der Waals surface area contributed by atoms with E-state index in [1.54, 1.807) is 6.20 Å². The van der Waals surface area contributed by atoms with Crippen molar-refractivity contribution in [3.05, 3.63) is 53.1 Å². The first-order valence-corrected chi connectivity index (χ1v) is 7.05. The lowest BCUT2D eigenvalue weighted by Gasteiger charge is -2.14. The fraction of sp³-hybridized carbons (Fsp3) is 0.375. The minimum atomic E-state index is -0.139. The summed E-state index contributed by atoms with van der Waals surface area (Å²) in [5.41, 5.74) is 3.39. The summed E-state index contributed by atoms with van der Waals surface area (Å²) in [4.78, 5) is 19.4. The molecular formula is C16H21N3O2. The molecule has 21 heavy (non-hydrogen) atoms. The maximum absolute atomic E-state index is 12.1. The number of nitrogens with one attached hydrogen (secondary N) is 2. The molecule has 0 saturated carbocycles. The van der Waals surface area contributed by atoms with Crippen LogP contribution in [0.2, 0.25) is 0 Å². The van der Waals surface area contributed by atoms with Crippen molar-refractivity contribution in [3.63, 3.8) is 0 Å². The molecule has 5 nitrogen and oxygen atoms in total. The van der Waals surface area contributed by atoms with Gasteiger partial charge in [0.05, 0.1) is 0 Å². The molecule has 0 aromatic carbocycles. The molecule has 0 spiro atoms. The Morgan fingerprint density at radius 2 is 2.24 bits per heavy atom. The number of aromatic nitrogens is 2. The number of aliphatic hydroxyl groups is 1. The number of pyridine rings is 1. The Morgan fingerprint density at radius 3 is 2.81 bits per heavy atom. The van der Waals surface area contributed by atoms with Crippen LogP contribution in [0.4, 0.5) is 0 Å². The first kappa shape index (κ1) is 15.3. The van der Waals surface area contributed by atoms with Gasteiger partial charge in [0.15, 0.2) is 0 Å². The summed E-state index contributed by atoms with van der Waals surface area (Å²) in [6, 6.07) is 7.63. The minimum Gasteiger partial charge on any atom is -0.396 e. The molecule has 5 heteroatoms. The van der Waals surface area contributed by atoms with Crippen molar-refractivity contribution in [2.24, 2.45) is 5.92 Å². The number of aliphatic hydroxyl groups excluding tert-OH is 1. The molecule has 0 aliphatic rings. The second-order valence-corrected chi connectivity index (χ2v) is 5.29. The van der Waals surface area contributed by atoms with Crippen molar-refractivity contribution in [2.75, 3.05) is 13.2 Å². The van der Waals surface area contributed by atoms with Crippen LogP contribution in [0.5, 0.6) is 0 Å². The van der Waals surface area contributed by atoms with Crippen molar-refractivity contribution < 1.29 is 9.90 Å². The quantitative estimate of drug-likeness (QED) is 0.755. The van der Waals surface area contributed by atoms with Crippen LogP contribution in [0.3, 0.4) is 0 Å². The van der Waals surface area contributed by atoms with Crippen molar-refractivity contribution >= 4 is 5.91 Å². The lowest BCUT2D eigenvalue weighted by molar-refractivity contribution is 0.0934. The Morgan fingerprint density at radius 1 is 1.43 bits per heavy atom. The highest BCUT2D eigenvalue weighted by atomic mass is 16.3. The molecular weight excluding hydrogens is 266 g/mol. The highest BCUT2D eigenvalue weighted by Gasteiger charge is 2.15. The highest BCUT2D eigenvalue weighted by Crippen LogP contribution is 2.09. The molecule has 0 radical (unpaired) electrons. The van der Waals surface area contributed by atoms with Crippen LogP contribution in [0.15, 0.2) is 30.5 Å². The zero-order chi connectivity index (χ0) is 15.2. The monoisotopic (exact) mass is 287 g/mol. The van der Waals surface area contributed by atoms with Crippen molar-refractivity contribution in [1.29, 1.82) is 0 Å². The smallest absolute Gasteiger partial charge is 0.267 e. The third-order valence-electron chi connectivity index (χ3n) is 3.41. The number of nitrogens with zero attached hydrogens (tertiary/aromatic N) is 1. The largest absolute Gasteiger partial charge is 0.396 e. The Labute approximate surface area is 124 Å². The van der Waals surface area contributed by atoms with Gasteiger partial charge in [-0.1, -0.05) is 6.07 Å². The van der Waals surface area contributed by atoms with Gasteiger partial charge >= 0.3 is 0 Å². The van der Waals surface area contributed by atoms with Crippen LogP contribution < -0.4 is 5.32 Å². The van der Waals surface area contributed by atoms with Crippen molar-refractivity contribution in [1.82, 2.24) is 15.3 Å². The van der Waals surface area contributed by atoms with Crippen LogP contribution in [0, 0.1) is 19.8 Å². The number of amides is 1. The summed E-state index contributed by atoms with van der Waals surface area (Å²) in [6.45, 7) is 4.25. The lowest BCUT2D eigenvalue weighted by atomic mass is 10.0. The fourth-order valence-electron chi connectivity index (χ4n) is 2.31. The van der Waals surface area contributed by atoms with E-state index in [9.17, 15) is 9.90 Å². The van der Waals surface area contributed by atoms with Gasteiger partial charge in [-0.2, -0.15) is 0 Å². The molecule has 3 N–H and O–H groups in total. The Balaban J connectivity index is 1.91. The number of aromatic amines is 1. The second-order valence-electron chi connectivity index (χ2n) is 5.29. The fourth-order valence-corrected chi connectivity index (χ4v) is 2.31. The molecule has 1 unspecified atom stereocenters. The number of rotatable bonds is 6. The number of hydrogen-bond acceptors (Lipinski definition) is 3. The van der Waals surface area contributed by atoms with Gasteiger partial charge in [0.25, 0.3) is 5.91 Å². The van der Waals surface area contributed by atoms with Crippen molar-refractivity contribution in [3.8, 4) is 0 Å². The zero-order valence-corrected chi connectivity index (χ0v) is 12.4. The molecule has 0 fully saturated rings. The summed E-state index contributed by atoms with van der Waals surface area (Å²) >= 11 is 0. The van der Waals surface area contributed by atoms with Crippen LogP contribution in [-0.4, -0.2) is 34.1 Å². The van der Waals surface area contributed by atoms with Gasteiger partial charge in [-0.05, 0) is 44.0 Å². The topological polar surface area (TPSA) is 78.0 Å². The highest BCUT2D eigenvalue weighted by molar-refractivity contribution is 5.93. The van der Waals surface area contributed by atoms with E-state index in [0.29, 0.717) is 18.7 Å². The molecule has 0 bridgehead atoms. The SMILES string of the molecule is Cc1cc(C)c(C(=O)NCC(CO)Cc2ccccn2)[nH]1. The van der Waals surface area contributed by atoms with Crippen LogP contribution in [0.25, 0.3) is 0 Å². The maximum atomic E-state index is 12.1. The molecule has 2 aromatic heterocycles. The summed E-state index contributed by atoms with van der Waals surface area (Å²) in [5, 5.41) is 12.3. The molecule has 2 aromatic rings. The number of H-pyrrole nitrogens is 1. The molecule has 0 saturated heterocycles. The molecule has 2 heterocycles. The van der Waals surface area contributed by atoms with Gasteiger partial charge in [-0.25, -0.2) is 0 Å². The van der Waals surface area contributed by atoms with E-state index >= 15 is 0 Å². The maximum Gasteiger partial charge on any atom is 0.267 e. The molecule has 0 aliphatic carbocycles. The van der Waals surface area contributed by atoms with Gasteiger partial charge in [-0.3, -0.25) is 9.78 Å². The van der Waals surface area contributed by atoms with E-state index in [1.165, 1.54) is 0 Å². The zero-order valence-electron chi connectivity index (χ0n) is 12.4. The minimum absolute atomic E-state index is 0.0135. The first-order chi connectivity index (χ1) is 10.1. The van der Waals surface area contributed by atoms with E-state index in [2.05, 4.69) is 15.3 Å². The predicted molar refractivity (Wildman–Crippen MR) is 81.1 cm³/mol. The lowest BCUT2D eigenvalue weighted by Crippen LogP contribution is -2.32. The van der Waals surface area contributed by atoms with Crippen LogP contribution in [0.1, 0.15) is 27.4 Å². The molecule has 2 rings (SSSR count). The Hall–Kier alpha value is -2.14. The third kappa shape index (κ3) is 4.16. The number of carbonyl (C=O) groups is 1. The van der Waals surface area contributed by atoms with E-state index in [4.69, 9.17) is 0 Å². The van der Waals surface area contributed by atoms with Crippen LogP contribution in [-0.2, 0) is 6.42 Å². The van der Waals surface area contributed by atoms with Gasteiger partial charge in [0.2, 0.25) is 0 Å². The summed E-state index contributed by atoms with van der Waals surface area (Å²) in [6.07, 6.45) is 2.37. The summed E-state index contributed by atoms with van der Waals surface area (Å²) in [5.74, 6) is -0.180. The average molecular weight is 287 g/mol. The standard InChI is InChI=1S/C16H21N3O2/c1-11-7-12(2)19-15(11)16(21)18-9-13(10-20)8-14-5-3-4-6-17-14/h3-7,13,19-20H,8-10H2,1-2H3,(H,18,21).